The molecule has 116 valence electrons. The zero-order valence-corrected chi connectivity index (χ0v) is 12.9. The Morgan fingerprint density at radius 3 is 2.65 bits per heavy atom. The van der Waals surface area contributed by atoms with Gasteiger partial charge in [-0.2, -0.15) is 0 Å². The van der Waals surface area contributed by atoms with Gasteiger partial charge in [-0.1, -0.05) is 41.1 Å². The highest BCUT2D eigenvalue weighted by atomic mass is 16.5. The van der Waals surface area contributed by atoms with Crippen LogP contribution in [0.2, 0.25) is 0 Å². The smallest absolute Gasteiger partial charge is 0.277 e. The summed E-state index contributed by atoms with van der Waals surface area (Å²) in [7, 11) is 1.58. The molecule has 0 atom stereocenters. The summed E-state index contributed by atoms with van der Waals surface area (Å²) in [5, 5.41) is 6.60. The van der Waals surface area contributed by atoms with E-state index in [4.69, 9.17) is 9.26 Å². The van der Waals surface area contributed by atoms with E-state index in [-0.39, 0.29) is 11.6 Å². The Labute approximate surface area is 133 Å². The van der Waals surface area contributed by atoms with Crippen molar-refractivity contribution in [1.82, 2.24) is 5.16 Å². The number of ether oxygens (including phenoxy) is 1. The van der Waals surface area contributed by atoms with Crippen LogP contribution in [0.15, 0.2) is 59.1 Å². The molecule has 5 nitrogen and oxygen atoms in total. The highest BCUT2D eigenvalue weighted by Gasteiger charge is 2.14. The molecule has 3 aromatic rings. The minimum atomic E-state index is -0.333. The molecule has 0 saturated heterocycles. The molecule has 5 heteroatoms. The molecule has 1 heterocycles. The number of anilines is 1. The van der Waals surface area contributed by atoms with Crippen molar-refractivity contribution in [3.63, 3.8) is 0 Å². The van der Waals surface area contributed by atoms with Gasteiger partial charge in [0.25, 0.3) is 5.91 Å². The van der Waals surface area contributed by atoms with Gasteiger partial charge >= 0.3 is 0 Å². The van der Waals surface area contributed by atoms with Gasteiger partial charge in [0.1, 0.15) is 5.75 Å². The van der Waals surface area contributed by atoms with Crippen LogP contribution in [0.5, 0.6) is 5.75 Å². The normalized spacial score (nSPS) is 10.3. The van der Waals surface area contributed by atoms with Gasteiger partial charge in [0.15, 0.2) is 11.5 Å². The van der Waals surface area contributed by atoms with Crippen LogP contribution in [-0.4, -0.2) is 18.2 Å². The van der Waals surface area contributed by atoms with Gasteiger partial charge in [-0.05, 0) is 19.1 Å². The summed E-state index contributed by atoms with van der Waals surface area (Å²) in [6.45, 7) is 2.01. The summed E-state index contributed by atoms with van der Waals surface area (Å²) in [6.07, 6.45) is 0. The van der Waals surface area contributed by atoms with E-state index in [2.05, 4.69) is 10.5 Å². The van der Waals surface area contributed by atoms with E-state index >= 15 is 0 Å². The first-order valence-electron chi connectivity index (χ1n) is 7.15. The number of hydrogen-bond acceptors (Lipinski definition) is 4. The van der Waals surface area contributed by atoms with Crippen LogP contribution in [0.1, 0.15) is 16.1 Å². The quantitative estimate of drug-likeness (QED) is 0.793. The predicted molar refractivity (Wildman–Crippen MR) is 87.6 cm³/mol. The van der Waals surface area contributed by atoms with Crippen LogP contribution in [0, 0.1) is 6.92 Å². The van der Waals surface area contributed by atoms with Gasteiger partial charge in [0.2, 0.25) is 0 Å². The molecule has 0 aliphatic rings. The minimum absolute atomic E-state index is 0.225. The molecule has 0 saturated carbocycles. The van der Waals surface area contributed by atoms with Crippen molar-refractivity contribution < 1.29 is 14.1 Å². The highest BCUT2D eigenvalue weighted by molar-refractivity contribution is 6.03. The SMILES string of the molecule is COc1cccc(NC(=O)c2cc(-c3ccc(C)cc3)on2)c1. The van der Waals surface area contributed by atoms with Gasteiger partial charge in [0.05, 0.1) is 7.11 Å². The maximum atomic E-state index is 12.2. The van der Waals surface area contributed by atoms with Crippen LogP contribution in [0.4, 0.5) is 5.69 Å². The first kappa shape index (κ1) is 14.8. The number of aromatic nitrogens is 1. The topological polar surface area (TPSA) is 64.4 Å². The molecule has 1 N–H and O–H groups in total. The molecule has 0 unspecified atom stereocenters. The minimum Gasteiger partial charge on any atom is -0.497 e. The third-order valence-electron chi connectivity index (χ3n) is 3.41. The summed E-state index contributed by atoms with van der Waals surface area (Å²) >= 11 is 0. The number of hydrogen-bond donors (Lipinski definition) is 1. The lowest BCUT2D eigenvalue weighted by Gasteiger charge is -2.04. The van der Waals surface area contributed by atoms with Gasteiger partial charge < -0.3 is 14.6 Å². The Morgan fingerprint density at radius 2 is 1.91 bits per heavy atom. The fraction of sp³-hybridized carbons (Fsp3) is 0.111. The maximum absolute atomic E-state index is 12.2. The molecule has 0 radical (unpaired) electrons. The zero-order valence-electron chi connectivity index (χ0n) is 12.9. The van der Waals surface area contributed by atoms with Crippen LogP contribution >= 0.6 is 0 Å². The Kier molecular flexibility index (Phi) is 4.10. The Hall–Kier alpha value is -3.08. The number of methoxy groups -OCH3 is 1. The van der Waals surface area contributed by atoms with Crippen LogP contribution in [0.3, 0.4) is 0 Å². The number of carbonyl (C=O) groups is 1. The first-order chi connectivity index (χ1) is 11.2. The summed E-state index contributed by atoms with van der Waals surface area (Å²) < 4.78 is 10.4. The third kappa shape index (κ3) is 3.40. The lowest BCUT2D eigenvalue weighted by Crippen LogP contribution is -2.12. The second kappa shape index (κ2) is 6.36. The van der Waals surface area contributed by atoms with E-state index in [1.165, 1.54) is 0 Å². The van der Waals surface area contributed by atoms with Crippen LogP contribution < -0.4 is 10.1 Å². The fourth-order valence-electron chi connectivity index (χ4n) is 2.13. The van der Waals surface area contributed by atoms with Gasteiger partial charge in [-0.15, -0.1) is 0 Å². The van der Waals surface area contributed by atoms with Gasteiger partial charge in [-0.3, -0.25) is 4.79 Å². The van der Waals surface area contributed by atoms with Crippen LogP contribution in [-0.2, 0) is 0 Å². The summed E-state index contributed by atoms with van der Waals surface area (Å²) in [6, 6.07) is 16.6. The molecule has 3 rings (SSSR count). The zero-order chi connectivity index (χ0) is 16.2. The molecular weight excluding hydrogens is 292 g/mol. The summed E-state index contributed by atoms with van der Waals surface area (Å²) in [5.41, 5.74) is 2.89. The molecule has 0 aliphatic heterocycles. The molecule has 0 spiro atoms. The Bertz CT molecular complexity index is 822. The van der Waals surface area contributed by atoms with Crippen molar-refractivity contribution >= 4 is 11.6 Å². The predicted octanol–water partition coefficient (Wildman–Crippen LogP) is 3.91. The summed E-state index contributed by atoms with van der Waals surface area (Å²) in [4.78, 5) is 12.2. The van der Waals surface area contributed by atoms with E-state index in [9.17, 15) is 4.79 Å². The number of aryl methyl sites for hydroxylation is 1. The van der Waals surface area contributed by atoms with Crippen molar-refractivity contribution in [2.45, 2.75) is 6.92 Å². The van der Waals surface area contributed by atoms with Gasteiger partial charge in [-0.25, -0.2) is 0 Å². The first-order valence-corrected chi connectivity index (χ1v) is 7.15. The van der Waals surface area contributed by atoms with Crippen molar-refractivity contribution in [3.8, 4) is 17.1 Å². The second-order valence-corrected chi connectivity index (χ2v) is 5.13. The standard InChI is InChI=1S/C18H16N2O3/c1-12-6-8-13(9-7-12)17-11-16(20-23-17)18(21)19-14-4-3-5-15(10-14)22-2/h3-11H,1-2H3,(H,19,21). The monoisotopic (exact) mass is 308 g/mol. The van der Waals surface area contributed by atoms with Crippen molar-refractivity contribution in [2.75, 3.05) is 12.4 Å². The lowest BCUT2D eigenvalue weighted by atomic mass is 10.1. The number of amides is 1. The number of nitrogens with one attached hydrogen (secondary N) is 1. The lowest BCUT2D eigenvalue weighted by molar-refractivity contribution is 0.101. The Morgan fingerprint density at radius 1 is 1.13 bits per heavy atom. The van der Waals surface area contributed by atoms with E-state index in [0.29, 0.717) is 17.2 Å². The van der Waals surface area contributed by atoms with Crippen molar-refractivity contribution in [2.24, 2.45) is 0 Å². The van der Waals surface area contributed by atoms with Gasteiger partial charge in [0, 0.05) is 23.4 Å². The van der Waals surface area contributed by atoms with Crippen molar-refractivity contribution in [1.29, 1.82) is 0 Å². The maximum Gasteiger partial charge on any atom is 0.277 e. The molecule has 1 amide bonds. The Balaban J connectivity index is 1.76. The third-order valence-corrected chi connectivity index (χ3v) is 3.41. The van der Waals surface area contributed by atoms with Crippen LogP contribution in [0.25, 0.3) is 11.3 Å². The molecular formula is C18H16N2O3. The average Bonchev–Trinajstić information content (AvgIpc) is 3.06. The largest absolute Gasteiger partial charge is 0.497 e. The van der Waals surface area contributed by atoms with E-state index in [0.717, 1.165) is 11.1 Å². The van der Waals surface area contributed by atoms with E-state index in [1.807, 2.05) is 31.2 Å². The van der Waals surface area contributed by atoms with E-state index < -0.39 is 0 Å². The number of carbonyl (C=O) groups excluding carboxylic acids is 1. The molecule has 0 fully saturated rings. The summed E-state index contributed by atoms with van der Waals surface area (Å²) in [5.74, 6) is 0.893. The molecule has 1 aromatic heterocycles. The molecule has 2 aromatic carbocycles. The second-order valence-electron chi connectivity index (χ2n) is 5.13. The number of nitrogens with zero attached hydrogens (tertiary/aromatic N) is 1. The van der Waals surface area contributed by atoms with E-state index in [1.54, 1.807) is 37.4 Å². The molecule has 0 aliphatic carbocycles. The number of benzene rings is 2. The van der Waals surface area contributed by atoms with Crippen molar-refractivity contribution in [3.05, 3.63) is 65.9 Å². The molecule has 0 bridgehead atoms. The number of rotatable bonds is 4. The fourth-order valence-corrected chi connectivity index (χ4v) is 2.13. The highest BCUT2D eigenvalue weighted by Crippen LogP contribution is 2.22. The molecule has 23 heavy (non-hydrogen) atoms. The average molecular weight is 308 g/mol.